The summed E-state index contributed by atoms with van der Waals surface area (Å²) in [5.74, 6) is 0. The molecule has 0 N–H and O–H groups in total. The van der Waals surface area contributed by atoms with E-state index in [1.54, 1.807) is 10.4 Å². The van der Waals surface area contributed by atoms with Gasteiger partial charge in [0.05, 0.1) is 0 Å². The van der Waals surface area contributed by atoms with Crippen LogP contribution in [0, 0.1) is 5.41 Å². The fraction of sp³-hybridized carbons (Fsp3) is 0.667. The standard InChI is InChI=1S/C12H16BrNO2S2/c1-9-6-12(3-2-4-12)8-14(9)18(15,16)11-5-10(13)7-17-11/h5,7,9H,2-4,6,8H2,1H3. The minimum absolute atomic E-state index is 0.135. The molecule has 1 aromatic rings. The van der Waals surface area contributed by atoms with Crippen LogP contribution < -0.4 is 0 Å². The number of hydrogen-bond donors (Lipinski definition) is 0. The third-order valence-electron chi connectivity index (χ3n) is 4.23. The largest absolute Gasteiger partial charge is 0.252 e. The van der Waals surface area contributed by atoms with Crippen LogP contribution in [0.2, 0.25) is 0 Å². The average Bonchev–Trinajstić information content (AvgIpc) is 2.81. The van der Waals surface area contributed by atoms with Crippen LogP contribution in [0.1, 0.15) is 32.6 Å². The van der Waals surface area contributed by atoms with E-state index in [0.717, 1.165) is 10.9 Å². The summed E-state index contributed by atoms with van der Waals surface area (Å²) in [6, 6.07) is 1.84. The lowest BCUT2D eigenvalue weighted by atomic mass is 9.68. The molecule has 0 aromatic carbocycles. The first-order valence-electron chi connectivity index (χ1n) is 6.19. The molecular formula is C12H16BrNO2S2. The second-order valence-electron chi connectivity index (χ2n) is 5.54. The van der Waals surface area contributed by atoms with Crippen molar-refractivity contribution in [1.82, 2.24) is 4.31 Å². The summed E-state index contributed by atoms with van der Waals surface area (Å²) in [4.78, 5) is 0. The summed E-state index contributed by atoms with van der Waals surface area (Å²) in [6.45, 7) is 2.75. The van der Waals surface area contributed by atoms with Gasteiger partial charge in [0.25, 0.3) is 10.0 Å². The molecule has 18 heavy (non-hydrogen) atoms. The van der Waals surface area contributed by atoms with E-state index in [-0.39, 0.29) is 6.04 Å². The molecule has 1 atom stereocenters. The Kier molecular flexibility index (Phi) is 3.12. The summed E-state index contributed by atoms with van der Waals surface area (Å²) in [5.41, 5.74) is 0.293. The zero-order valence-electron chi connectivity index (χ0n) is 10.2. The number of nitrogens with zero attached hydrogens (tertiary/aromatic N) is 1. The van der Waals surface area contributed by atoms with Gasteiger partial charge in [-0.05, 0) is 53.6 Å². The van der Waals surface area contributed by atoms with E-state index in [4.69, 9.17) is 0 Å². The van der Waals surface area contributed by atoms with Crippen molar-refractivity contribution in [2.45, 2.75) is 42.9 Å². The molecule has 0 bridgehead atoms. The smallest absolute Gasteiger partial charge is 0.206 e. The molecule has 2 fully saturated rings. The molecule has 1 aliphatic carbocycles. The third kappa shape index (κ3) is 1.97. The Morgan fingerprint density at radius 1 is 1.50 bits per heavy atom. The molecule has 1 spiro atoms. The normalized spacial score (nSPS) is 27.6. The Hall–Kier alpha value is 0.0900. The van der Waals surface area contributed by atoms with Crippen LogP contribution in [-0.2, 0) is 10.0 Å². The third-order valence-corrected chi connectivity index (χ3v) is 8.37. The Bertz CT molecular complexity index is 562. The van der Waals surface area contributed by atoms with Gasteiger partial charge in [-0.15, -0.1) is 11.3 Å². The second-order valence-corrected chi connectivity index (χ2v) is 9.49. The molecule has 0 amide bonds. The van der Waals surface area contributed by atoms with Gasteiger partial charge < -0.3 is 0 Å². The molecule has 6 heteroatoms. The van der Waals surface area contributed by atoms with Gasteiger partial charge >= 0.3 is 0 Å². The lowest BCUT2D eigenvalue weighted by Gasteiger charge is -2.37. The van der Waals surface area contributed by atoms with Crippen LogP contribution in [0.3, 0.4) is 0 Å². The van der Waals surface area contributed by atoms with Gasteiger partial charge in [-0.2, -0.15) is 4.31 Å². The highest BCUT2D eigenvalue weighted by Crippen LogP contribution is 2.51. The van der Waals surface area contributed by atoms with Gasteiger partial charge in [0.15, 0.2) is 0 Å². The Balaban J connectivity index is 1.90. The lowest BCUT2D eigenvalue weighted by molar-refractivity contribution is 0.152. The predicted octanol–water partition coefficient (Wildman–Crippen LogP) is 3.46. The number of hydrogen-bond acceptors (Lipinski definition) is 3. The van der Waals surface area contributed by atoms with Crippen molar-refractivity contribution in [1.29, 1.82) is 0 Å². The highest BCUT2D eigenvalue weighted by atomic mass is 79.9. The van der Waals surface area contributed by atoms with Gasteiger partial charge in [0.2, 0.25) is 0 Å². The lowest BCUT2D eigenvalue weighted by Crippen LogP contribution is -2.37. The van der Waals surface area contributed by atoms with Crippen molar-refractivity contribution < 1.29 is 8.42 Å². The van der Waals surface area contributed by atoms with E-state index in [0.29, 0.717) is 16.2 Å². The van der Waals surface area contributed by atoms with E-state index in [1.807, 2.05) is 12.3 Å². The molecule has 100 valence electrons. The van der Waals surface area contributed by atoms with Crippen molar-refractivity contribution in [3.05, 3.63) is 15.9 Å². The van der Waals surface area contributed by atoms with Gasteiger partial charge in [-0.1, -0.05) is 6.42 Å². The molecule has 1 saturated carbocycles. The fourth-order valence-corrected chi connectivity index (χ4v) is 6.91. The molecule has 1 saturated heterocycles. The SMILES string of the molecule is CC1CC2(CCC2)CN1S(=O)(=O)c1cc(Br)cs1. The molecule has 3 rings (SSSR count). The van der Waals surface area contributed by atoms with Crippen molar-refractivity contribution >= 4 is 37.3 Å². The number of sulfonamides is 1. The summed E-state index contributed by atoms with van der Waals surface area (Å²) in [7, 11) is -3.29. The van der Waals surface area contributed by atoms with Crippen molar-refractivity contribution in [2.75, 3.05) is 6.54 Å². The van der Waals surface area contributed by atoms with E-state index in [9.17, 15) is 8.42 Å². The maximum absolute atomic E-state index is 12.6. The topological polar surface area (TPSA) is 37.4 Å². The number of halogens is 1. The Morgan fingerprint density at radius 3 is 2.67 bits per heavy atom. The molecule has 2 aliphatic rings. The summed E-state index contributed by atoms with van der Waals surface area (Å²) in [5, 5.41) is 1.83. The molecule has 1 unspecified atom stereocenters. The zero-order chi connectivity index (χ0) is 13.0. The summed E-state index contributed by atoms with van der Waals surface area (Å²) in [6.07, 6.45) is 4.67. The molecule has 3 nitrogen and oxygen atoms in total. The van der Waals surface area contributed by atoms with Crippen LogP contribution in [0.5, 0.6) is 0 Å². The highest BCUT2D eigenvalue weighted by molar-refractivity contribution is 9.10. The van der Waals surface area contributed by atoms with Gasteiger partial charge in [0.1, 0.15) is 4.21 Å². The maximum Gasteiger partial charge on any atom is 0.252 e. The predicted molar refractivity (Wildman–Crippen MR) is 76.3 cm³/mol. The van der Waals surface area contributed by atoms with Crippen molar-refractivity contribution in [2.24, 2.45) is 5.41 Å². The molecular weight excluding hydrogens is 334 g/mol. The average molecular weight is 350 g/mol. The first-order valence-corrected chi connectivity index (χ1v) is 9.30. The Morgan fingerprint density at radius 2 is 2.22 bits per heavy atom. The van der Waals surface area contributed by atoms with Crippen LogP contribution in [0.4, 0.5) is 0 Å². The van der Waals surface area contributed by atoms with E-state index in [2.05, 4.69) is 15.9 Å². The van der Waals surface area contributed by atoms with Crippen LogP contribution in [-0.4, -0.2) is 25.3 Å². The van der Waals surface area contributed by atoms with Crippen molar-refractivity contribution in [3.8, 4) is 0 Å². The number of thiophene rings is 1. The quantitative estimate of drug-likeness (QED) is 0.819. The van der Waals surface area contributed by atoms with Gasteiger partial charge in [-0.25, -0.2) is 8.42 Å². The van der Waals surface area contributed by atoms with E-state index < -0.39 is 10.0 Å². The summed E-state index contributed by atoms with van der Waals surface area (Å²) < 4.78 is 28.2. The Labute approximate surface area is 120 Å². The molecule has 0 radical (unpaired) electrons. The van der Waals surface area contributed by atoms with Crippen molar-refractivity contribution in [3.63, 3.8) is 0 Å². The van der Waals surface area contributed by atoms with Gasteiger partial charge in [-0.3, -0.25) is 0 Å². The summed E-state index contributed by atoms with van der Waals surface area (Å²) >= 11 is 4.62. The van der Waals surface area contributed by atoms with Crippen LogP contribution >= 0.6 is 27.3 Å². The van der Waals surface area contributed by atoms with Gasteiger partial charge in [0, 0.05) is 22.4 Å². The highest BCUT2D eigenvalue weighted by Gasteiger charge is 2.50. The fourth-order valence-electron chi connectivity index (χ4n) is 3.19. The molecule has 1 aliphatic heterocycles. The van der Waals surface area contributed by atoms with E-state index >= 15 is 0 Å². The monoisotopic (exact) mass is 349 g/mol. The minimum atomic E-state index is -3.29. The maximum atomic E-state index is 12.6. The number of rotatable bonds is 2. The first kappa shape index (κ1) is 13.1. The zero-order valence-corrected chi connectivity index (χ0v) is 13.4. The van der Waals surface area contributed by atoms with Crippen LogP contribution in [0.25, 0.3) is 0 Å². The molecule has 2 heterocycles. The van der Waals surface area contributed by atoms with E-state index in [1.165, 1.54) is 30.6 Å². The molecule has 1 aromatic heterocycles. The van der Waals surface area contributed by atoms with Crippen LogP contribution in [0.15, 0.2) is 20.1 Å². The first-order chi connectivity index (χ1) is 8.43. The second kappa shape index (κ2) is 4.30. The minimum Gasteiger partial charge on any atom is -0.206 e.